The van der Waals surface area contributed by atoms with Gasteiger partial charge in [0, 0.05) is 55.6 Å². The van der Waals surface area contributed by atoms with Gasteiger partial charge in [-0.2, -0.15) is 0 Å². The Morgan fingerprint density at radius 1 is 1.23 bits per heavy atom. The first-order chi connectivity index (χ1) is 24.9. The summed E-state index contributed by atoms with van der Waals surface area (Å²) < 4.78 is 33.0. The summed E-state index contributed by atoms with van der Waals surface area (Å²) in [6, 6.07) is 12.0. The molecule has 2 aliphatic carbocycles. The van der Waals surface area contributed by atoms with Crippen LogP contribution in [0.4, 0.5) is 5.69 Å². The predicted octanol–water partition coefficient (Wildman–Crippen LogP) is 6.31. The monoisotopic (exact) mass is 755 g/mol. The molecule has 2 aromatic carbocycles. The number of nitrogens with one attached hydrogen (secondary N) is 2. The number of nitrogens with zero attached hydrogens (tertiary/aromatic N) is 1. The van der Waals surface area contributed by atoms with E-state index in [-0.39, 0.29) is 40.5 Å². The van der Waals surface area contributed by atoms with Gasteiger partial charge >= 0.3 is 0 Å². The predicted molar refractivity (Wildman–Crippen MR) is 205 cm³/mol. The van der Waals surface area contributed by atoms with E-state index >= 15 is 0 Å². The number of halogens is 1. The van der Waals surface area contributed by atoms with Crippen LogP contribution in [-0.2, 0) is 41.9 Å². The minimum absolute atomic E-state index is 0.0508. The molecule has 1 fully saturated rings. The maximum atomic E-state index is 13.3. The fourth-order valence-corrected chi connectivity index (χ4v) is 9.19. The van der Waals surface area contributed by atoms with Gasteiger partial charge in [0.2, 0.25) is 5.91 Å². The highest BCUT2D eigenvalue weighted by Gasteiger charge is 2.44. The molecule has 1 saturated carbocycles. The van der Waals surface area contributed by atoms with Crippen molar-refractivity contribution in [2.24, 2.45) is 17.8 Å². The van der Waals surface area contributed by atoms with Crippen LogP contribution >= 0.6 is 11.6 Å². The number of amides is 2. The second-order valence-corrected chi connectivity index (χ2v) is 16.9. The number of carbonyl (C=O) groups excluding carboxylic acids is 3. The summed E-state index contributed by atoms with van der Waals surface area (Å²) in [5.74, 6) is 1.46. The summed E-state index contributed by atoms with van der Waals surface area (Å²) in [6.45, 7) is 10.3. The lowest BCUT2D eigenvalue weighted by Crippen LogP contribution is -2.49. The molecule has 4 aliphatic rings. The molecule has 8 atom stereocenters. The molecule has 6 rings (SSSR count). The van der Waals surface area contributed by atoms with Crippen molar-refractivity contribution < 1.29 is 32.8 Å². The Morgan fingerprint density at radius 2 is 2.04 bits per heavy atom. The van der Waals surface area contributed by atoms with E-state index in [1.165, 1.54) is 18.1 Å². The van der Waals surface area contributed by atoms with Crippen LogP contribution in [0.3, 0.4) is 0 Å². The molecule has 284 valence electrons. The minimum atomic E-state index is -1.50. The van der Waals surface area contributed by atoms with Gasteiger partial charge in [-0.05, 0) is 112 Å². The van der Waals surface area contributed by atoms with Crippen LogP contribution < -0.4 is 19.7 Å². The highest BCUT2D eigenvalue weighted by atomic mass is 35.5. The molecule has 2 aliphatic heterocycles. The lowest BCUT2D eigenvalue weighted by atomic mass is 9.68. The van der Waals surface area contributed by atoms with Crippen molar-refractivity contribution in [2.45, 2.75) is 95.5 Å². The first-order valence-corrected chi connectivity index (χ1v) is 20.1. The molecule has 12 heteroatoms. The largest absolute Gasteiger partial charge is 0.490 e. The molecule has 2 N–H and O–H groups in total. The van der Waals surface area contributed by atoms with E-state index in [0.29, 0.717) is 43.5 Å². The zero-order chi connectivity index (χ0) is 37.4. The normalized spacial score (nSPS) is 29.6. The SMILES string of the molecule is CC(=O)NC(C)CCOC=O.COC1/C=C/CC(C)C(C)S(=O)NC(=O)c2ccc3c(c2)N(CC2CCC21)C[C@@]1(CCCc2cc(Cl)ccc21)CO3. The summed E-state index contributed by atoms with van der Waals surface area (Å²) in [6.07, 6.45) is 11.3. The van der Waals surface area contributed by atoms with E-state index in [2.05, 4.69) is 50.9 Å². The van der Waals surface area contributed by atoms with Gasteiger partial charge in [0.15, 0.2) is 0 Å². The molecule has 2 heterocycles. The molecule has 52 heavy (non-hydrogen) atoms. The number of benzene rings is 2. The highest BCUT2D eigenvalue weighted by molar-refractivity contribution is 7.84. The van der Waals surface area contributed by atoms with Gasteiger partial charge < -0.3 is 24.4 Å². The van der Waals surface area contributed by atoms with Crippen molar-refractivity contribution >= 4 is 46.6 Å². The van der Waals surface area contributed by atoms with Crippen LogP contribution in [0.15, 0.2) is 48.6 Å². The third kappa shape index (κ3) is 9.57. The molecule has 0 aromatic heterocycles. The average molecular weight is 756 g/mol. The van der Waals surface area contributed by atoms with Crippen LogP contribution in [0.2, 0.25) is 5.02 Å². The Morgan fingerprint density at radius 3 is 2.75 bits per heavy atom. The summed E-state index contributed by atoms with van der Waals surface area (Å²) in [4.78, 5) is 36.0. The first-order valence-electron chi connectivity index (χ1n) is 18.5. The van der Waals surface area contributed by atoms with Crippen LogP contribution in [-0.4, -0.2) is 73.3 Å². The average Bonchev–Trinajstić information content (AvgIpc) is 3.25. The van der Waals surface area contributed by atoms with Crippen molar-refractivity contribution in [3.63, 3.8) is 0 Å². The van der Waals surface area contributed by atoms with Crippen molar-refractivity contribution in [2.75, 3.05) is 38.3 Å². The van der Waals surface area contributed by atoms with Gasteiger partial charge in [-0.1, -0.05) is 36.7 Å². The van der Waals surface area contributed by atoms with E-state index in [9.17, 15) is 18.6 Å². The number of anilines is 1. The number of aryl methyl sites for hydroxylation is 1. The Balaban J connectivity index is 0.000000413. The van der Waals surface area contributed by atoms with E-state index in [1.54, 1.807) is 13.2 Å². The molecule has 2 aromatic rings. The lowest BCUT2D eigenvalue weighted by molar-refractivity contribution is -0.128. The van der Waals surface area contributed by atoms with Crippen LogP contribution in [0.5, 0.6) is 5.75 Å². The van der Waals surface area contributed by atoms with Crippen LogP contribution in [0.25, 0.3) is 0 Å². The molecule has 2 bridgehead atoms. The highest BCUT2D eigenvalue weighted by Crippen LogP contribution is 2.47. The summed E-state index contributed by atoms with van der Waals surface area (Å²) >= 11 is 6.41. The van der Waals surface area contributed by atoms with Crippen molar-refractivity contribution in [3.8, 4) is 5.75 Å². The Labute approximate surface area is 315 Å². The second kappa shape index (κ2) is 18.1. The van der Waals surface area contributed by atoms with Crippen LogP contribution in [0, 0.1) is 17.8 Å². The fraction of sp³-hybridized carbons (Fsp3) is 0.575. The van der Waals surface area contributed by atoms with Gasteiger partial charge in [-0.25, -0.2) is 4.21 Å². The maximum absolute atomic E-state index is 13.3. The standard InChI is InChI=1S/C33H41ClN2O4S.C7H13NO3/c1-21-6-4-8-30(39-3)27-12-9-25(27)18-36-19-33(15-5-7-23-16-26(34)11-13-28(23)33)20-40-31-14-10-24(17-29(31)36)32(37)35-41(38)22(21)2;1-6(8-7(2)10)3-4-11-5-9/h4,8,10-11,13-14,16-17,21-22,25,27,30H,5-7,9,12,15,18-20H2,1-3H3,(H,35,37);5-6H,3-4H2,1-2H3,(H,8,10)/b8-4+;/t21?,22?,25?,27?,30?,33-,41?;/m0./s1. The number of hydrogen-bond donors (Lipinski definition) is 2. The quantitative estimate of drug-likeness (QED) is 0.200. The number of carbonyl (C=O) groups is 3. The molecule has 10 nitrogen and oxygen atoms in total. The number of methoxy groups -OCH3 is 1. The van der Waals surface area contributed by atoms with Gasteiger partial charge in [-0.3, -0.25) is 19.1 Å². The summed E-state index contributed by atoms with van der Waals surface area (Å²) in [7, 11) is 0.305. The maximum Gasteiger partial charge on any atom is 0.293 e. The van der Waals surface area contributed by atoms with Crippen LogP contribution in [0.1, 0.15) is 87.7 Å². The molecule has 1 spiro atoms. The lowest BCUT2D eigenvalue weighted by Gasteiger charge is -2.46. The van der Waals surface area contributed by atoms with E-state index in [4.69, 9.17) is 21.1 Å². The second-order valence-electron chi connectivity index (χ2n) is 14.9. The number of rotatable bonds is 6. The van der Waals surface area contributed by atoms with Crippen molar-refractivity contribution in [1.82, 2.24) is 10.0 Å². The van der Waals surface area contributed by atoms with Gasteiger partial charge in [0.05, 0.1) is 30.3 Å². The summed E-state index contributed by atoms with van der Waals surface area (Å²) in [5.41, 5.74) is 3.90. The first kappa shape index (κ1) is 39.8. The summed E-state index contributed by atoms with van der Waals surface area (Å²) in [5, 5.41) is 3.26. The zero-order valence-corrected chi connectivity index (χ0v) is 32.6. The fourth-order valence-electron chi connectivity index (χ4n) is 7.97. The van der Waals surface area contributed by atoms with Crippen molar-refractivity contribution in [3.05, 3.63) is 70.3 Å². The van der Waals surface area contributed by atoms with Gasteiger partial charge in [-0.15, -0.1) is 0 Å². The van der Waals surface area contributed by atoms with Crippen molar-refractivity contribution in [1.29, 1.82) is 0 Å². The topological polar surface area (TPSA) is 123 Å². The Bertz CT molecular complexity index is 1640. The number of ether oxygens (including phenoxy) is 3. The molecule has 0 radical (unpaired) electrons. The molecule has 2 amide bonds. The van der Waals surface area contributed by atoms with E-state index < -0.39 is 11.0 Å². The minimum Gasteiger partial charge on any atom is -0.490 e. The van der Waals surface area contributed by atoms with Gasteiger partial charge in [0.25, 0.3) is 12.4 Å². The number of allylic oxidation sites excluding steroid dienone is 1. The third-order valence-corrected chi connectivity index (χ3v) is 13.0. The Kier molecular flexibility index (Phi) is 13.8. The molecular weight excluding hydrogens is 702 g/mol. The molecule has 0 saturated heterocycles. The smallest absolute Gasteiger partial charge is 0.293 e. The molecular formula is C40H54ClN3O7S. The zero-order valence-electron chi connectivity index (χ0n) is 31.0. The van der Waals surface area contributed by atoms with E-state index in [1.807, 2.05) is 32.0 Å². The third-order valence-electron chi connectivity index (χ3n) is 11.3. The number of hydrogen-bond acceptors (Lipinski definition) is 8. The molecule has 7 unspecified atom stereocenters. The Hall–Kier alpha value is -3.41. The number of fused-ring (bicyclic) bond motifs is 4. The van der Waals surface area contributed by atoms with Gasteiger partial charge in [0.1, 0.15) is 16.7 Å². The van der Waals surface area contributed by atoms with E-state index in [0.717, 1.165) is 68.1 Å².